The van der Waals surface area contributed by atoms with Gasteiger partial charge in [0, 0.05) is 15.8 Å². The molecule has 2 aromatic rings. The van der Waals surface area contributed by atoms with Gasteiger partial charge in [0.15, 0.2) is 0 Å². The fourth-order valence-electron chi connectivity index (χ4n) is 2.08. The molecule has 0 spiro atoms. The fraction of sp³-hybridized carbons (Fsp3) is 0.222. The summed E-state index contributed by atoms with van der Waals surface area (Å²) in [7, 11) is 1.69. The van der Waals surface area contributed by atoms with Crippen LogP contribution in [0.15, 0.2) is 53.0 Å². The minimum atomic E-state index is -0.498. The van der Waals surface area contributed by atoms with Gasteiger partial charge in [-0.1, -0.05) is 15.9 Å². The van der Waals surface area contributed by atoms with Gasteiger partial charge in [-0.15, -0.1) is 0 Å². The summed E-state index contributed by atoms with van der Waals surface area (Å²) in [6.45, 7) is 1.76. The Morgan fingerprint density at radius 2 is 1.56 bits per heavy atom. The highest BCUT2D eigenvalue weighted by Crippen LogP contribution is 2.15. The Morgan fingerprint density at radius 1 is 1.04 bits per heavy atom. The SMILES string of the molecule is C[C@@H](C(=O)Nc1ccc(Br)cc1)N(C)CC(=O)Nc1ccc(F)cc1. The second-order valence-electron chi connectivity index (χ2n) is 5.64. The van der Waals surface area contributed by atoms with Crippen molar-refractivity contribution >= 4 is 39.1 Å². The second kappa shape index (κ2) is 8.73. The summed E-state index contributed by atoms with van der Waals surface area (Å²) in [5.74, 6) is -0.856. The van der Waals surface area contributed by atoms with E-state index in [-0.39, 0.29) is 24.2 Å². The molecular formula is C18H19BrFN3O2. The van der Waals surface area contributed by atoms with E-state index in [9.17, 15) is 14.0 Å². The van der Waals surface area contributed by atoms with E-state index >= 15 is 0 Å². The maximum Gasteiger partial charge on any atom is 0.241 e. The molecule has 2 amide bonds. The molecule has 0 aliphatic rings. The first kappa shape index (κ1) is 19.1. The van der Waals surface area contributed by atoms with Crippen LogP contribution in [0.2, 0.25) is 0 Å². The molecule has 5 nitrogen and oxygen atoms in total. The van der Waals surface area contributed by atoms with Crippen molar-refractivity contribution in [2.75, 3.05) is 24.2 Å². The molecule has 0 radical (unpaired) electrons. The summed E-state index contributed by atoms with van der Waals surface area (Å²) in [5.41, 5.74) is 1.19. The molecule has 1 atom stereocenters. The highest BCUT2D eigenvalue weighted by molar-refractivity contribution is 9.10. The number of carbonyl (C=O) groups is 2. The molecule has 132 valence electrons. The Kier molecular flexibility index (Phi) is 6.66. The zero-order valence-electron chi connectivity index (χ0n) is 13.9. The van der Waals surface area contributed by atoms with Crippen LogP contribution >= 0.6 is 15.9 Å². The number of nitrogens with one attached hydrogen (secondary N) is 2. The molecular weight excluding hydrogens is 389 g/mol. The van der Waals surface area contributed by atoms with E-state index in [0.29, 0.717) is 11.4 Å². The number of likely N-dealkylation sites (N-methyl/N-ethyl adjacent to an activating group) is 1. The predicted molar refractivity (Wildman–Crippen MR) is 99.9 cm³/mol. The van der Waals surface area contributed by atoms with Crippen molar-refractivity contribution in [3.8, 4) is 0 Å². The van der Waals surface area contributed by atoms with Crippen molar-refractivity contribution in [2.45, 2.75) is 13.0 Å². The maximum absolute atomic E-state index is 12.9. The number of nitrogens with zero attached hydrogens (tertiary/aromatic N) is 1. The molecule has 0 aromatic heterocycles. The smallest absolute Gasteiger partial charge is 0.241 e. The van der Waals surface area contributed by atoms with Gasteiger partial charge in [-0.05, 0) is 62.5 Å². The Labute approximate surface area is 154 Å². The normalized spacial score (nSPS) is 11.9. The third-order valence-corrected chi connectivity index (χ3v) is 4.20. The highest BCUT2D eigenvalue weighted by Gasteiger charge is 2.20. The Balaban J connectivity index is 1.86. The topological polar surface area (TPSA) is 61.4 Å². The zero-order valence-corrected chi connectivity index (χ0v) is 15.5. The molecule has 0 bridgehead atoms. The Hall–Kier alpha value is -2.25. The third-order valence-electron chi connectivity index (χ3n) is 3.67. The Morgan fingerprint density at radius 3 is 2.16 bits per heavy atom. The van der Waals surface area contributed by atoms with Crippen molar-refractivity contribution in [3.05, 3.63) is 58.8 Å². The largest absolute Gasteiger partial charge is 0.325 e. The van der Waals surface area contributed by atoms with Gasteiger partial charge in [0.2, 0.25) is 11.8 Å². The molecule has 0 fully saturated rings. The molecule has 0 saturated heterocycles. The van der Waals surface area contributed by atoms with Gasteiger partial charge in [0.25, 0.3) is 0 Å². The number of hydrogen-bond donors (Lipinski definition) is 2. The van der Waals surface area contributed by atoms with Gasteiger partial charge in [-0.2, -0.15) is 0 Å². The van der Waals surface area contributed by atoms with E-state index in [1.165, 1.54) is 24.3 Å². The number of rotatable bonds is 6. The summed E-state index contributed by atoms with van der Waals surface area (Å²) in [6.07, 6.45) is 0. The average Bonchev–Trinajstić information content (AvgIpc) is 2.58. The van der Waals surface area contributed by atoms with E-state index in [4.69, 9.17) is 0 Å². The predicted octanol–water partition coefficient (Wildman–Crippen LogP) is 3.49. The molecule has 25 heavy (non-hydrogen) atoms. The van der Waals surface area contributed by atoms with Crippen LogP contribution in [-0.4, -0.2) is 36.3 Å². The van der Waals surface area contributed by atoms with Gasteiger partial charge >= 0.3 is 0 Å². The number of anilines is 2. The number of hydrogen-bond acceptors (Lipinski definition) is 3. The molecule has 2 N–H and O–H groups in total. The highest BCUT2D eigenvalue weighted by atomic mass is 79.9. The van der Waals surface area contributed by atoms with Crippen LogP contribution in [0.1, 0.15) is 6.92 Å². The lowest BCUT2D eigenvalue weighted by atomic mass is 10.2. The molecule has 0 aliphatic carbocycles. The van der Waals surface area contributed by atoms with Crippen LogP contribution in [0.3, 0.4) is 0 Å². The van der Waals surface area contributed by atoms with Gasteiger partial charge in [-0.3, -0.25) is 14.5 Å². The van der Waals surface area contributed by atoms with Crippen LogP contribution in [0.4, 0.5) is 15.8 Å². The van der Waals surface area contributed by atoms with Crippen LogP contribution in [-0.2, 0) is 9.59 Å². The van der Waals surface area contributed by atoms with Crippen molar-refractivity contribution < 1.29 is 14.0 Å². The average molecular weight is 408 g/mol. The summed E-state index contributed by atoms with van der Waals surface area (Å²) >= 11 is 3.34. The summed E-state index contributed by atoms with van der Waals surface area (Å²) < 4.78 is 13.8. The molecule has 2 rings (SSSR count). The lowest BCUT2D eigenvalue weighted by molar-refractivity contribution is -0.122. The number of carbonyl (C=O) groups excluding carboxylic acids is 2. The summed E-state index contributed by atoms with van der Waals surface area (Å²) in [6, 6.07) is 12.3. The summed E-state index contributed by atoms with van der Waals surface area (Å²) in [4.78, 5) is 26.0. The van der Waals surface area contributed by atoms with E-state index in [1.54, 1.807) is 31.0 Å². The second-order valence-corrected chi connectivity index (χ2v) is 6.56. The number of benzene rings is 2. The first-order valence-electron chi connectivity index (χ1n) is 7.67. The first-order chi connectivity index (χ1) is 11.8. The van der Waals surface area contributed by atoms with E-state index in [1.807, 2.05) is 12.1 Å². The zero-order chi connectivity index (χ0) is 18.4. The lowest BCUT2D eigenvalue weighted by Gasteiger charge is -2.23. The van der Waals surface area contributed by atoms with Crippen molar-refractivity contribution in [2.24, 2.45) is 0 Å². The first-order valence-corrected chi connectivity index (χ1v) is 8.46. The van der Waals surface area contributed by atoms with Gasteiger partial charge in [0.1, 0.15) is 5.82 Å². The van der Waals surface area contributed by atoms with Crippen LogP contribution in [0.25, 0.3) is 0 Å². The van der Waals surface area contributed by atoms with Crippen molar-refractivity contribution in [1.82, 2.24) is 4.90 Å². The van der Waals surface area contributed by atoms with Crippen LogP contribution < -0.4 is 10.6 Å². The standard InChI is InChI=1S/C18H19BrFN3O2/c1-12(18(25)22-16-7-3-13(19)4-8-16)23(2)11-17(24)21-15-9-5-14(20)6-10-15/h3-10,12H,11H2,1-2H3,(H,21,24)(H,22,25)/t12-/m0/s1. The summed E-state index contributed by atoms with van der Waals surface area (Å²) in [5, 5.41) is 5.47. The van der Waals surface area contributed by atoms with E-state index in [2.05, 4.69) is 26.6 Å². The third kappa shape index (κ3) is 5.95. The fourth-order valence-corrected chi connectivity index (χ4v) is 2.34. The maximum atomic E-state index is 12.9. The molecule has 0 heterocycles. The monoisotopic (exact) mass is 407 g/mol. The number of halogens is 2. The van der Waals surface area contributed by atoms with E-state index < -0.39 is 6.04 Å². The van der Waals surface area contributed by atoms with E-state index in [0.717, 1.165) is 4.47 Å². The molecule has 0 saturated carbocycles. The van der Waals surface area contributed by atoms with Crippen molar-refractivity contribution in [1.29, 1.82) is 0 Å². The Bertz CT molecular complexity index is 735. The van der Waals surface area contributed by atoms with Crippen LogP contribution in [0.5, 0.6) is 0 Å². The lowest BCUT2D eigenvalue weighted by Crippen LogP contribution is -2.43. The quantitative estimate of drug-likeness (QED) is 0.770. The van der Waals surface area contributed by atoms with Crippen LogP contribution in [0, 0.1) is 5.82 Å². The molecule has 7 heteroatoms. The van der Waals surface area contributed by atoms with Gasteiger partial charge in [-0.25, -0.2) is 4.39 Å². The minimum absolute atomic E-state index is 0.0340. The molecule has 0 unspecified atom stereocenters. The molecule has 0 aliphatic heterocycles. The van der Waals surface area contributed by atoms with Gasteiger partial charge in [0.05, 0.1) is 12.6 Å². The number of amides is 2. The van der Waals surface area contributed by atoms with Crippen molar-refractivity contribution in [3.63, 3.8) is 0 Å². The minimum Gasteiger partial charge on any atom is -0.325 e. The van der Waals surface area contributed by atoms with Gasteiger partial charge < -0.3 is 10.6 Å². The molecule has 2 aromatic carbocycles.